The molecule has 5 rings (SSSR count). The Bertz CT molecular complexity index is 1380. The Morgan fingerprint density at radius 3 is 2.45 bits per heavy atom. The van der Waals surface area contributed by atoms with E-state index in [1.165, 1.54) is 54.0 Å². The summed E-state index contributed by atoms with van der Waals surface area (Å²) >= 11 is 1.89. The zero-order valence-electron chi connectivity index (χ0n) is 18.6. The molecule has 1 aliphatic rings. The van der Waals surface area contributed by atoms with Crippen molar-refractivity contribution < 1.29 is 4.58 Å². The van der Waals surface area contributed by atoms with Crippen molar-refractivity contribution in [1.29, 1.82) is 0 Å². The van der Waals surface area contributed by atoms with Crippen LogP contribution in [-0.4, -0.2) is 11.3 Å². The van der Waals surface area contributed by atoms with Gasteiger partial charge >= 0.3 is 0 Å². The van der Waals surface area contributed by atoms with E-state index >= 15 is 0 Å². The molecule has 0 N–H and O–H groups in total. The molecular weight excluding hydrogens is 394 g/mol. The van der Waals surface area contributed by atoms with Crippen molar-refractivity contribution in [2.24, 2.45) is 5.41 Å². The summed E-state index contributed by atoms with van der Waals surface area (Å²) < 4.78 is 4.67. The lowest BCUT2D eigenvalue weighted by atomic mass is 9.82. The fraction of sp³-hybridized carbons (Fsp3) is 0.172. The lowest BCUT2D eigenvalue weighted by Gasteiger charge is -2.28. The van der Waals surface area contributed by atoms with Crippen molar-refractivity contribution in [2.75, 3.05) is 0 Å². The smallest absolute Gasteiger partial charge is 0.159 e. The van der Waals surface area contributed by atoms with Gasteiger partial charge in [-0.25, -0.2) is 0 Å². The molecule has 154 valence electrons. The van der Waals surface area contributed by atoms with E-state index in [0.717, 1.165) is 0 Å². The van der Waals surface area contributed by atoms with Crippen LogP contribution in [0.1, 0.15) is 31.9 Å². The van der Waals surface area contributed by atoms with E-state index in [2.05, 4.69) is 113 Å². The average Bonchev–Trinajstić information content (AvgIpc) is 3.12. The van der Waals surface area contributed by atoms with Gasteiger partial charge in [-0.15, -0.1) is 12.1 Å². The van der Waals surface area contributed by atoms with Gasteiger partial charge in [0.05, 0.1) is 6.72 Å². The van der Waals surface area contributed by atoms with E-state index < -0.39 is 0 Å². The minimum Gasteiger partial charge on any atom is -0.255 e. The number of benzene rings is 3. The molecule has 0 spiro atoms. The molecule has 1 aliphatic heterocycles. The number of rotatable bonds is 2. The molecule has 0 radical (unpaired) electrons. The molecule has 1 nitrogen and oxygen atoms in total. The van der Waals surface area contributed by atoms with Crippen LogP contribution in [0.2, 0.25) is 0 Å². The van der Waals surface area contributed by atoms with Crippen LogP contribution in [0.15, 0.2) is 84.6 Å². The van der Waals surface area contributed by atoms with E-state index in [1.807, 2.05) is 15.9 Å². The minimum atomic E-state index is 0.0928. The van der Waals surface area contributed by atoms with E-state index in [-0.39, 0.29) is 5.41 Å². The van der Waals surface area contributed by atoms with Crippen molar-refractivity contribution in [2.45, 2.75) is 27.7 Å². The quantitative estimate of drug-likeness (QED) is 0.175. The number of nitrogens with zero attached hydrogens (tertiary/aromatic N) is 1. The average molecular weight is 422 g/mol. The Morgan fingerprint density at radius 1 is 0.935 bits per heavy atom. The first-order valence-electron chi connectivity index (χ1n) is 10.7. The number of aryl methyl sites for hydroxylation is 1. The van der Waals surface area contributed by atoms with Gasteiger partial charge in [-0.3, -0.25) is 4.58 Å². The van der Waals surface area contributed by atoms with Crippen LogP contribution in [0.25, 0.3) is 31.3 Å². The third-order valence-electron chi connectivity index (χ3n) is 6.11. The Morgan fingerprint density at radius 2 is 1.71 bits per heavy atom. The van der Waals surface area contributed by atoms with Crippen LogP contribution in [-0.2, 0) is 0 Å². The predicted octanol–water partition coefficient (Wildman–Crippen LogP) is 8.12. The van der Waals surface area contributed by atoms with E-state index in [4.69, 9.17) is 0 Å². The van der Waals surface area contributed by atoms with E-state index in [1.54, 1.807) is 0 Å². The molecule has 0 fully saturated rings. The molecule has 0 aliphatic carbocycles. The molecule has 0 saturated heterocycles. The first-order chi connectivity index (χ1) is 14.8. The number of thiophene rings is 1. The maximum atomic E-state index is 4.30. The molecular formula is C29H27NS. The topological polar surface area (TPSA) is 3.01 Å². The number of fused-ring (bicyclic) bond motifs is 3. The maximum absolute atomic E-state index is 4.30. The van der Waals surface area contributed by atoms with Gasteiger partial charge in [-0.2, -0.15) is 0 Å². The molecule has 0 bridgehead atoms. The molecule has 0 unspecified atom stereocenters. The van der Waals surface area contributed by atoms with Crippen molar-refractivity contribution in [3.05, 3.63) is 102 Å². The summed E-state index contributed by atoms with van der Waals surface area (Å²) in [5.74, 6) is 0. The molecule has 0 amide bonds. The van der Waals surface area contributed by atoms with Gasteiger partial charge < -0.3 is 0 Å². The van der Waals surface area contributed by atoms with Crippen molar-refractivity contribution in [3.8, 4) is 11.1 Å². The largest absolute Gasteiger partial charge is 0.255 e. The summed E-state index contributed by atoms with van der Waals surface area (Å²) in [6.07, 6.45) is 6.59. The number of hydrogen-bond donors (Lipinski definition) is 0. The van der Waals surface area contributed by atoms with Crippen LogP contribution >= 0.6 is 11.3 Å². The normalized spacial score (nSPS) is 14.5. The summed E-state index contributed by atoms with van der Waals surface area (Å²) in [5.41, 5.74) is 6.51. The van der Waals surface area contributed by atoms with Crippen molar-refractivity contribution in [1.82, 2.24) is 0 Å². The molecule has 2 heteroatoms. The number of allylic oxidation sites excluding steroid dienone is 2. The van der Waals surface area contributed by atoms with Crippen LogP contribution in [0.3, 0.4) is 0 Å². The van der Waals surface area contributed by atoms with Crippen LogP contribution in [0, 0.1) is 18.4 Å². The molecule has 2 heterocycles. The molecule has 31 heavy (non-hydrogen) atoms. The Balaban J connectivity index is 1.72. The lowest BCUT2D eigenvalue weighted by Crippen LogP contribution is -2.20. The van der Waals surface area contributed by atoms with Gasteiger partial charge in [0, 0.05) is 5.56 Å². The van der Waals surface area contributed by atoms with E-state index in [0.29, 0.717) is 0 Å². The fourth-order valence-corrected chi connectivity index (χ4v) is 5.63. The highest BCUT2D eigenvalue weighted by Crippen LogP contribution is 2.43. The van der Waals surface area contributed by atoms with Crippen molar-refractivity contribution >= 4 is 38.2 Å². The van der Waals surface area contributed by atoms with Crippen LogP contribution < -0.4 is 0 Å². The fourth-order valence-electron chi connectivity index (χ4n) is 4.28. The molecule has 0 atom stereocenters. The summed E-state index contributed by atoms with van der Waals surface area (Å²) in [5, 5.41) is 2.64. The van der Waals surface area contributed by atoms with Gasteiger partial charge in [0.2, 0.25) is 0 Å². The van der Waals surface area contributed by atoms with Gasteiger partial charge in [-0.05, 0) is 16.9 Å². The molecule has 1 aromatic heterocycles. The van der Waals surface area contributed by atoms with Gasteiger partial charge in [0.25, 0.3) is 0 Å². The summed E-state index contributed by atoms with van der Waals surface area (Å²) in [6, 6.07) is 23.2. The summed E-state index contributed by atoms with van der Waals surface area (Å²) in [7, 11) is 0. The third-order valence-corrected chi connectivity index (χ3v) is 7.30. The lowest BCUT2D eigenvalue weighted by molar-refractivity contribution is -0.418. The minimum absolute atomic E-state index is 0.0928. The Labute approximate surface area is 188 Å². The van der Waals surface area contributed by atoms with Crippen LogP contribution in [0.4, 0.5) is 0 Å². The second kappa shape index (κ2) is 7.25. The first kappa shape index (κ1) is 19.8. The summed E-state index contributed by atoms with van der Waals surface area (Å²) in [4.78, 5) is 0. The van der Waals surface area contributed by atoms with E-state index in [9.17, 15) is 0 Å². The Hall–Kier alpha value is -3.10. The maximum Gasteiger partial charge on any atom is 0.159 e. The Kier molecular flexibility index (Phi) is 4.64. The standard InChI is InChI=1S/C29H27NS/c1-19-11-13-24-23-14-12-21(20-9-7-6-8-10-20)17-26(23)31-28(24)27(19)25-18-22(29(2,3)4)15-16-30(25)5/h6-18H,5H2,1-4H3. The monoisotopic (exact) mass is 421 g/mol. The summed E-state index contributed by atoms with van der Waals surface area (Å²) in [6.45, 7) is 13.3. The highest BCUT2D eigenvalue weighted by Gasteiger charge is 2.27. The van der Waals surface area contributed by atoms with Crippen LogP contribution in [0.5, 0.6) is 0 Å². The SMILES string of the molecule is C=[N+]1C=CC(C(C)(C)C)=C[C-]1c1c(C)ccc2c1[s+][c-]1cc(-c3ccccc3)ccc21. The number of hydrogen-bond acceptors (Lipinski definition) is 0. The highest BCUT2D eigenvalue weighted by molar-refractivity contribution is 7.26. The third kappa shape index (κ3) is 3.41. The van der Waals surface area contributed by atoms with Gasteiger partial charge in [0.15, 0.2) is 15.4 Å². The zero-order chi connectivity index (χ0) is 21.8. The zero-order valence-corrected chi connectivity index (χ0v) is 19.4. The van der Waals surface area contributed by atoms with Gasteiger partial charge in [0.1, 0.15) is 17.5 Å². The van der Waals surface area contributed by atoms with Gasteiger partial charge in [-0.1, -0.05) is 110 Å². The second-order valence-corrected chi connectivity index (χ2v) is 10.4. The molecule has 3 aromatic carbocycles. The molecule has 4 aromatic rings. The first-order valence-corrected chi connectivity index (χ1v) is 11.5. The van der Waals surface area contributed by atoms with Crippen molar-refractivity contribution in [3.63, 3.8) is 0 Å². The predicted molar refractivity (Wildman–Crippen MR) is 136 cm³/mol. The highest BCUT2D eigenvalue weighted by atomic mass is 32.1. The molecule has 0 saturated carbocycles. The second-order valence-electron chi connectivity index (χ2n) is 9.33.